The van der Waals surface area contributed by atoms with Crippen molar-refractivity contribution in [3.8, 4) is 0 Å². The van der Waals surface area contributed by atoms with Gasteiger partial charge >= 0.3 is 11.9 Å². The van der Waals surface area contributed by atoms with Gasteiger partial charge in [0.2, 0.25) is 0 Å². The average Bonchev–Trinajstić information content (AvgIpc) is 3.15. The van der Waals surface area contributed by atoms with Crippen molar-refractivity contribution in [1.82, 2.24) is 4.90 Å². The van der Waals surface area contributed by atoms with Gasteiger partial charge in [-0.3, -0.25) is 9.59 Å². The first-order valence-electron chi connectivity index (χ1n) is 23.1. The molecule has 0 radical (unpaired) electrons. The van der Waals surface area contributed by atoms with Gasteiger partial charge in [0.1, 0.15) is 0 Å². The van der Waals surface area contributed by atoms with Crippen LogP contribution in [0.15, 0.2) is 0 Å². The first-order valence-corrected chi connectivity index (χ1v) is 23.1. The maximum atomic E-state index is 12.5. The van der Waals surface area contributed by atoms with Gasteiger partial charge in [-0.25, -0.2) is 0 Å². The summed E-state index contributed by atoms with van der Waals surface area (Å²) in [4.78, 5) is 27.4. The number of carbonyl (C=O) groups is 2. The number of hydrogen-bond acceptors (Lipinski definition) is 6. The van der Waals surface area contributed by atoms with Crippen LogP contribution in [-0.2, 0) is 19.1 Å². The molecule has 0 aliphatic heterocycles. The smallest absolute Gasteiger partial charge is 0.305 e. The number of carbonyl (C=O) groups excluding carboxylic acids is 2. The summed E-state index contributed by atoms with van der Waals surface area (Å²) in [7, 11) is 0. The van der Waals surface area contributed by atoms with E-state index in [1.54, 1.807) is 0 Å². The molecule has 6 heteroatoms. The highest BCUT2D eigenvalue weighted by Crippen LogP contribution is 2.21. The fourth-order valence-corrected chi connectivity index (χ4v) is 7.31. The first kappa shape index (κ1) is 50.9. The normalized spacial score (nSPS) is 12.2. The highest BCUT2D eigenvalue weighted by molar-refractivity contribution is 5.69. The molecule has 0 saturated carbocycles. The van der Waals surface area contributed by atoms with E-state index in [1.165, 1.54) is 154 Å². The molecule has 0 saturated heterocycles. The lowest BCUT2D eigenvalue weighted by atomic mass is 9.95. The van der Waals surface area contributed by atoms with Gasteiger partial charge in [0, 0.05) is 19.4 Å². The Morgan fingerprint density at radius 2 is 0.750 bits per heavy atom. The molecule has 0 aliphatic rings. The Hall–Kier alpha value is -1.14. The van der Waals surface area contributed by atoms with E-state index in [0.29, 0.717) is 37.9 Å². The minimum Gasteiger partial charge on any atom is -0.465 e. The second kappa shape index (κ2) is 41.0. The van der Waals surface area contributed by atoms with Gasteiger partial charge in [0.15, 0.2) is 0 Å². The van der Waals surface area contributed by atoms with Crippen molar-refractivity contribution in [1.29, 1.82) is 0 Å². The maximum Gasteiger partial charge on any atom is 0.305 e. The Labute approximate surface area is 324 Å². The van der Waals surface area contributed by atoms with E-state index in [9.17, 15) is 14.7 Å². The predicted molar refractivity (Wildman–Crippen MR) is 223 cm³/mol. The minimum absolute atomic E-state index is 0.00144. The number of rotatable bonds is 42. The van der Waals surface area contributed by atoms with Crippen LogP contribution >= 0.6 is 0 Å². The van der Waals surface area contributed by atoms with Crippen molar-refractivity contribution < 1.29 is 24.2 Å². The fraction of sp³-hybridized carbons (Fsp3) is 0.957. The number of unbranched alkanes of at least 4 members (excludes halogenated alkanes) is 19. The quantitative estimate of drug-likeness (QED) is 0.0496. The zero-order valence-electron chi connectivity index (χ0n) is 35.6. The highest BCUT2D eigenvalue weighted by atomic mass is 16.5. The Balaban J connectivity index is 4.13. The van der Waals surface area contributed by atoms with Gasteiger partial charge in [-0.15, -0.1) is 0 Å². The number of esters is 2. The zero-order chi connectivity index (χ0) is 38.2. The molecular weight excluding hydrogens is 647 g/mol. The molecule has 0 amide bonds. The van der Waals surface area contributed by atoms with Crippen LogP contribution in [0.1, 0.15) is 233 Å². The van der Waals surface area contributed by atoms with Gasteiger partial charge < -0.3 is 19.5 Å². The summed E-state index contributed by atoms with van der Waals surface area (Å²) in [6.45, 7) is 13.8. The van der Waals surface area contributed by atoms with Crippen LogP contribution in [0.2, 0.25) is 0 Å². The van der Waals surface area contributed by atoms with E-state index in [1.807, 2.05) is 0 Å². The van der Waals surface area contributed by atoms with E-state index < -0.39 is 0 Å². The predicted octanol–water partition coefficient (Wildman–Crippen LogP) is 13.2. The van der Waals surface area contributed by atoms with E-state index >= 15 is 0 Å². The largest absolute Gasteiger partial charge is 0.465 e. The van der Waals surface area contributed by atoms with Crippen LogP contribution in [0, 0.1) is 11.8 Å². The lowest BCUT2D eigenvalue weighted by Crippen LogP contribution is -2.27. The summed E-state index contributed by atoms with van der Waals surface area (Å²) in [6, 6.07) is 0. The third kappa shape index (κ3) is 35.9. The molecular formula is C46H91NO5. The standard InChI is InChI=1S/C46H91NO5/c1-5-9-13-22-32-43(31-12-8-4)41-51-45(49)35-25-18-16-20-27-37-47(39-29-30-40-48)38-28-21-17-19-26-36-46(50)52-42-44(33-23-14-10-6-2)34-24-15-11-7-3/h43-44,48H,5-42H2,1-4H3. The van der Waals surface area contributed by atoms with Crippen LogP contribution in [0.4, 0.5) is 0 Å². The van der Waals surface area contributed by atoms with Gasteiger partial charge in [0.05, 0.1) is 13.2 Å². The third-order valence-electron chi connectivity index (χ3n) is 10.9. The molecule has 0 heterocycles. The van der Waals surface area contributed by atoms with Crippen molar-refractivity contribution in [3.05, 3.63) is 0 Å². The number of hydrogen-bond donors (Lipinski definition) is 1. The monoisotopic (exact) mass is 738 g/mol. The summed E-state index contributed by atoms with van der Waals surface area (Å²) in [5, 5.41) is 9.28. The zero-order valence-corrected chi connectivity index (χ0v) is 35.6. The lowest BCUT2D eigenvalue weighted by Gasteiger charge is -2.22. The molecule has 0 spiro atoms. The summed E-state index contributed by atoms with van der Waals surface area (Å²) < 4.78 is 11.5. The number of aliphatic hydroxyl groups excluding tert-OH is 1. The van der Waals surface area contributed by atoms with Gasteiger partial charge in [0.25, 0.3) is 0 Å². The molecule has 6 nitrogen and oxygen atoms in total. The fourth-order valence-electron chi connectivity index (χ4n) is 7.31. The lowest BCUT2D eigenvalue weighted by molar-refractivity contribution is -0.146. The van der Waals surface area contributed by atoms with E-state index in [-0.39, 0.29) is 18.5 Å². The van der Waals surface area contributed by atoms with Crippen LogP contribution in [0.25, 0.3) is 0 Å². The second-order valence-electron chi connectivity index (χ2n) is 16.1. The number of aliphatic hydroxyl groups is 1. The SMILES string of the molecule is CCCCCCC(CCCC)COC(=O)CCCCCCCN(CCCCO)CCCCCCCC(=O)OCC(CCCCCC)CCCCCC. The van der Waals surface area contributed by atoms with Gasteiger partial charge in [-0.05, 0) is 95.7 Å². The molecule has 310 valence electrons. The summed E-state index contributed by atoms with van der Waals surface area (Å²) >= 11 is 0. The number of ether oxygens (including phenoxy) is 2. The molecule has 0 bridgehead atoms. The van der Waals surface area contributed by atoms with Gasteiger partial charge in [-0.2, -0.15) is 0 Å². The van der Waals surface area contributed by atoms with E-state index in [0.717, 1.165) is 58.2 Å². The highest BCUT2D eigenvalue weighted by Gasteiger charge is 2.14. The molecule has 1 atom stereocenters. The van der Waals surface area contributed by atoms with Crippen molar-refractivity contribution >= 4 is 11.9 Å². The summed E-state index contributed by atoms with van der Waals surface area (Å²) in [6.07, 6.45) is 36.9. The first-order chi connectivity index (χ1) is 25.5. The van der Waals surface area contributed by atoms with Crippen LogP contribution in [-0.4, -0.2) is 61.4 Å². The molecule has 0 aromatic heterocycles. The topological polar surface area (TPSA) is 76.1 Å². The van der Waals surface area contributed by atoms with Crippen LogP contribution < -0.4 is 0 Å². The van der Waals surface area contributed by atoms with E-state index in [2.05, 4.69) is 32.6 Å². The Morgan fingerprint density at radius 1 is 0.423 bits per heavy atom. The molecule has 1 unspecified atom stereocenters. The number of nitrogens with zero attached hydrogens (tertiary/aromatic N) is 1. The summed E-state index contributed by atoms with van der Waals surface area (Å²) in [5.41, 5.74) is 0. The molecule has 0 aromatic rings. The molecule has 52 heavy (non-hydrogen) atoms. The van der Waals surface area contributed by atoms with Crippen molar-refractivity contribution in [3.63, 3.8) is 0 Å². The van der Waals surface area contributed by atoms with Crippen molar-refractivity contribution in [2.24, 2.45) is 11.8 Å². The van der Waals surface area contributed by atoms with Crippen LogP contribution in [0.5, 0.6) is 0 Å². The Bertz CT molecular complexity index is 734. The van der Waals surface area contributed by atoms with Crippen molar-refractivity contribution in [2.75, 3.05) is 39.5 Å². The van der Waals surface area contributed by atoms with Crippen LogP contribution in [0.3, 0.4) is 0 Å². The average molecular weight is 738 g/mol. The Morgan fingerprint density at radius 3 is 1.13 bits per heavy atom. The Kier molecular flexibility index (Phi) is 40.1. The molecule has 0 aromatic carbocycles. The third-order valence-corrected chi connectivity index (χ3v) is 10.9. The summed E-state index contributed by atoms with van der Waals surface area (Å²) in [5.74, 6) is 1.07. The van der Waals surface area contributed by atoms with Crippen molar-refractivity contribution in [2.45, 2.75) is 233 Å². The van der Waals surface area contributed by atoms with Gasteiger partial charge in [-0.1, -0.05) is 156 Å². The minimum atomic E-state index is -0.00446. The van der Waals surface area contributed by atoms with E-state index in [4.69, 9.17) is 9.47 Å². The second-order valence-corrected chi connectivity index (χ2v) is 16.1. The molecule has 1 N–H and O–H groups in total. The molecule has 0 rings (SSSR count). The molecule has 0 fully saturated rings. The maximum absolute atomic E-state index is 12.5. The molecule has 0 aliphatic carbocycles.